The minimum atomic E-state index is 0. The zero-order valence-corrected chi connectivity index (χ0v) is 26.4. The summed E-state index contributed by atoms with van der Waals surface area (Å²) < 4.78 is 55.3. The first-order valence-corrected chi connectivity index (χ1v) is 15.8. The van der Waals surface area contributed by atoms with Gasteiger partial charge in [0.25, 0.3) is 0 Å². The number of ether oxygens (including phenoxy) is 10. The van der Waals surface area contributed by atoms with Crippen molar-refractivity contribution in [1.29, 1.82) is 0 Å². The van der Waals surface area contributed by atoms with Crippen molar-refractivity contribution in [3.05, 3.63) is 71.8 Å². The Labute approximate surface area is 313 Å². The van der Waals surface area contributed by atoms with Crippen LogP contribution in [0.1, 0.15) is 24.0 Å². The second-order valence-electron chi connectivity index (χ2n) is 9.68. The summed E-state index contributed by atoms with van der Waals surface area (Å²) in [5, 5.41) is 0. The van der Waals surface area contributed by atoms with Crippen LogP contribution in [-0.4, -0.2) is 170 Å². The number of rotatable bonds is 33. The average molecular weight is 663 g/mol. The molecule has 252 valence electrons. The van der Waals surface area contributed by atoms with Gasteiger partial charge in [0.2, 0.25) is 0 Å². The summed E-state index contributed by atoms with van der Waals surface area (Å²) in [4.78, 5) is 0. The van der Waals surface area contributed by atoms with Gasteiger partial charge in [0.05, 0.1) is 119 Å². The van der Waals surface area contributed by atoms with Crippen LogP contribution in [0.4, 0.5) is 0 Å². The molecule has 0 aliphatic carbocycles. The Morgan fingerprint density at radius 3 is 0.756 bits per heavy atom. The van der Waals surface area contributed by atoms with E-state index in [0.717, 1.165) is 24.0 Å². The molecule has 11 heteroatoms. The second kappa shape index (κ2) is 35.0. The van der Waals surface area contributed by atoms with Crippen LogP contribution in [0, 0.1) is 0 Å². The fourth-order valence-corrected chi connectivity index (χ4v) is 3.70. The predicted octanol–water partition coefficient (Wildman–Crippen LogP) is 3.68. The maximum absolute atomic E-state index is 5.59. The van der Waals surface area contributed by atoms with Crippen molar-refractivity contribution in [2.45, 2.75) is 26.1 Å². The van der Waals surface area contributed by atoms with Crippen LogP contribution in [0.15, 0.2) is 60.7 Å². The molecule has 10 nitrogen and oxygen atoms in total. The molecule has 0 heterocycles. The third-order valence-electron chi connectivity index (χ3n) is 6.03. The zero-order valence-electron chi connectivity index (χ0n) is 26.4. The summed E-state index contributed by atoms with van der Waals surface area (Å²) >= 11 is 0. The first-order chi connectivity index (χ1) is 21.9. The van der Waals surface area contributed by atoms with Crippen molar-refractivity contribution < 1.29 is 47.4 Å². The van der Waals surface area contributed by atoms with Crippen LogP contribution in [0.2, 0.25) is 0 Å². The fourth-order valence-electron chi connectivity index (χ4n) is 3.70. The van der Waals surface area contributed by atoms with Gasteiger partial charge < -0.3 is 47.4 Å². The van der Waals surface area contributed by atoms with Gasteiger partial charge in [-0.1, -0.05) is 60.7 Å². The second-order valence-corrected chi connectivity index (χ2v) is 9.68. The number of hydrogen-bond donors (Lipinski definition) is 0. The molecule has 0 amide bonds. The predicted molar refractivity (Wildman–Crippen MR) is 175 cm³/mol. The summed E-state index contributed by atoms with van der Waals surface area (Å²) in [5.41, 5.74) is 2.33. The third-order valence-corrected chi connectivity index (χ3v) is 6.03. The summed E-state index contributed by atoms with van der Waals surface area (Å²) in [6, 6.07) is 20.2. The van der Waals surface area contributed by atoms with E-state index in [-0.39, 0.29) is 51.4 Å². The monoisotopic (exact) mass is 662 g/mol. The number of benzene rings is 2. The van der Waals surface area contributed by atoms with Crippen LogP contribution in [-0.2, 0) is 60.6 Å². The molecule has 0 fully saturated rings. The Balaban J connectivity index is 0.0000101. The minimum absolute atomic E-state index is 0. The van der Waals surface area contributed by atoms with Crippen LogP contribution in [0.25, 0.3) is 0 Å². The molecule has 2 rings (SSSR count). The standard InChI is InChI=1S/C34H54O10.K.H/c1-3-9-33(10-4-1)31-43-29-27-41-25-23-39-21-19-37-17-15-35-13-7-8-14-36-16-18-38-20-22-40-24-26-42-28-30-44-32-34-11-5-2-6-12-34;;/h1-6,9-12H,7-8,13-32H2;;. The molecule has 0 saturated carbocycles. The van der Waals surface area contributed by atoms with Gasteiger partial charge in [0, 0.05) is 13.2 Å². The van der Waals surface area contributed by atoms with E-state index >= 15 is 0 Å². The van der Waals surface area contributed by atoms with E-state index in [0.29, 0.717) is 132 Å². The first kappa shape index (κ1) is 42.7. The van der Waals surface area contributed by atoms with Gasteiger partial charge in [-0.15, -0.1) is 0 Å². The number of unbranched alkanes of at least 4 members (excludes halogenated alkanes) is 1. The largest absolute Gasteiger partial charge is 0.379 e. The topological polar surface area (TPSA) is 92.3 Å². The molecule has 0 aliphatic heterocycles. The SMILES string of the molecule is [KH].c1ccc(COCCOCCOCCOCCOCCCCOCCOCCOCCOCCOCc2ccccc2)cc1. The van der Waals surface area contributed by atoms with Crippen molar-refractivity contribution in [3.63, 3.8) is 0 Å². The molecule has 2 aromatic carbocycles. The molecule has 0 aliphatic rings. The molecule has 0 radical (unpaired) electrons. The Kier molecular flexibility index (Phi) is 33.2. The van der Waals surface area contributed by atoms with E-state index in [1.54, 1.807) is 0 Å². The molecule has 0 N–H and O–H groups in total. The van der Waals surface area contributed by atoms with Crippen molar-refractivity contribution in [3.8, 4) is 0 Å². The van der Waals surface area contributed by atoms with Crippen molar-refractivity contribution in [2.75, 3.05) is 119 Å². The molecule has 0 bridgehead atoms. The molecular formula is C34H55KO10. The van der Waals surface area contributed by atoms with Gasteiger partial charge in [-0.3, -0.25) is 0 Å². The molecule has 0 saturated heterocycles. The smallest absolute Gasteiger partial charge is 0.0718 e. The van der Waals surface area contributed by atoms with E-state index < -0.39 is 0 Å². The molecule has 0 unspecified atom stereocenters. The van der Waals surface area contributed by atoms with Crippen molar-refractivity contribution in [1.82, 2.24) is 0 Å². The maximum Gasteiger partial charge on any atom is 0.0718 e. The normalized spacial score (nSPS) is 11.1. The van der Waals surface area contributed by atoms with Crippen molar-refractivity contribution >= 4 is 51.4 Å². The van der Waals surface area contributed by atoms with Crippen molar-refractivity contribution in [2.24, 2.45) is 0 Å². The quantitative estimate of drug-likeness (QED) is 0.0833. The van der Waals surface area contributed by atoms with E-state index in [1.807, 2.05) is 60.7 Å². The summed E-state index contributed by atoms with van der Waals surface area (Å²) in [5.74, 6) is 0. The van der Waals surface area contributed by atoms with Gasteiger partial charge in [-0.2, -0.15) is 0 Å². The summed E-state index contributed by atoms with van der Waals surface area (Å²) in [6.45, 7) is 11.5. The molecule has 2 aromatic rings. The molecule has 0 spiro atoms. The molecule has 45 heavy (non-hydrogen) atoms. The maximum atomic E-state index is 5.59. The van der Waals surface area contributed by atoms with E-state index in [2.05, 4.69) is 0 Å². The van der Waals surface area contributed by atoms with E-state index in [1.165, 1.54) is 0 Å². The van der Waals surface area contributed by atoms with Gasteiger partial charge >= 0.3 is 51.4 Å². The van der Waals surface area contributed by atoms with Gasteiger partial charge in [-0.05, 0) is 24.0 Å². The van der Waals surface area contributed by atoms with E-state index in [4.69, 9.17) is 47.4 Å². The van der Waals surface area contributed by atoms with Gasteiger partial charge in [0.1, 0.15) is 0 Å². The molecular weight excluding hydrogens is 607 g/mol. The Morgan fingerprint density at radius 1 is 0.267 bits per heavy atom. The third kappa shape index (κ3) is 29.5. The Morgan fingerprint density at radius 2 is 0.489 bits per heavy atom. The van der Waals surface area contributed by atoms with Crippen LogP contribution in [0.5, 0.6) is 0 Å². The van der Waals surface area contributed by atoms with Crippen LogP contribution >= 0.6 is 0 Å². The first-order valence-electron chi connectivity index (χ1n) is 15.8. The van der Waals surface area contributed by atoms with E-state index in [9.17, 15) is 0 Å². The summed E-state index contributed by atoms with van der Waals surface area (Å²) in [6.07, 6.45) is 1.91. The van der Waals surface area contributed by atoms with Crippen LogP contribution < -0.4 is 0 Å². The van der Waals surface area contributed by atoms with Gasteiger partial charge in [-0.25, -0.2) is 0 Å². The number of hydrogen-bond acceptors (Lipinski definition) is 10. The Hall–Kier alpha value is -0.324. The molecule has 0 atom stereocenters. The molecule has 0 aromatic heterocycles. The summed E-state index contributed by atoms with van der Waals surface area (Å²) in [7, 11) is 0. The zero-order chi connectivity index (χ0) is 30.9. The Bertz CT molecular complexity index is 765. The van der Waals surface area contributed by atoms with Crippen LogP contribution in [0.3, 0.4) is 0 Å². The average Bonchev–Trinajstić information content (AvgIpc) is 3.06. The van der Waals surface area contributed by atoms with Gasteiger partial charge in [0.15, 0.2) is 0 Å². The fraction of sp³-hybridized carbons (Fsp3) is 0.647. The minimum Gasteiger partial charge on any atom is -0.379 e.